The Labute approximate surface area is 143 Å². The molecular formula is C17H17FN4OS. The van der Waals surface area contributed by atoms with Crippen molar-refractivity contribution >= 4 is 28.1 Å². The minimum atomic E-state index is -0.395. The normalized spacial score (nSPS) is 11.7. The highest BCUT2D eigenvalue weighted by atomic mass is 32.1. The molecule has 2 heterocycles. The number of nitrogens with zero attached hydrogens (tertiary/aromatic N) is 3. The second-order valence-electron chi connectivity index (χ2n) is 6.43. The maximum atomic E-state index is 13.8. The maximum absolute atomic E-state index is 13.8. The number of carbonyl (C=O) groups is 1. The predicted molar refractivity (Wildman–Crippen MR) is 91.5 cm³/mol. The molecule has 3 rings (SSSR count). The van der Waals surface area contributed by atoms with Crippen LogP contribution < -0.4 is 5.32 Å². The zero-order valence-corrected chi connectivity index (χ0v) is 14.4. The third-order valence-corrected chi connectivity index (χ3v) is 4.82. The molecule has 7 heteroatoms. The topological polar surface area (TPSA) is 67.8 Å². The lowest BCUT2D eigenvalue weighted by Crippen LogP contribution is -2.23. The van der Waals surface area contributed by atoms with Gasteiger partial charge in [-0.05, 0) is 24.3 Å². The first-order chi connectivity index (χ1) is 11.4. The molecule has 1 N–H and O–H groups in total. The van der Waals surface area contributed by atoms with Gasteiger partial charge in [-0.1, -0.05) is 32.1 Å². The number of nitrogens with one attached hydrogen (secondary N) is 1. The Kier molecular flexibility index (Phi) is 4.28. The van der Waals surface area contributed by atoms with Gasteiger partial charge in [0, 0.05) is 17.0 Å². The van der Waals surface area contributed by atoms with E-state index in [1.165, 1.54) is 23.5 Å². The quantitative estimate of drug-likeness (QED) is 0.790. The van der Waals surface area contributed by atoms with Gasteiger partial charge in [0.2, 0.25) is 0 Å². The number of fused-ring (bicyclic) bond motifs is 1. The number of hydrogen-bond acceptors (Lipinski definition) is 5. The molecule has 0 aliphatic rings. The summed E-state index contributed by atoms with van der Waals surface area (Å²) in [5.74, 6) is -0.709. The fourth-order valence-corrected chi connectivity index (χ4v) is 3.04. The molecule has 0 saturated heterocycles. The van der Waals surface area contributed by atoms with Crippen LogP contribution in [0, 0.1) is 5.82 Å². The van der Waals surface area contributed by atoms with Gasteiger partial charge in [0.1, 0.15) is 15.8 Å². The van der Waals surface area contributed by atoms with Crippen molar-refractivity contribution in [1.82, 2.24) is 20.5 Å². The van der Waals surface area contributed by atoms with Crippen LogP contribution in [0.25, 0.3) is 10.9 Å². The maximum Gasteiger partial charge on any atom is 0.253 e. The van der Waals surface area contributed by atoms with Gasteiger partial charge in [-0.25, -0.2) is 4.39 Å². The third-order valence-electron chi connectivity index (χ3n) is 3.47. The van der Waals surface area contributed by atoms with E-state index in [1.807, 2.05) is 0 Å². The number of benzene rings is 1. The Hall–Kier alpha value is -2.41. The molecule has 0 aliphatic heterocycles. The van der Waals surface area contributed by atoms with Crippen molar-refractivity contribution in [3.05, 3.63) is 51.9 Å². The highest BCUT2D eigenvalue weighted by Crippen LogP contribution is 2.25. The molecule has 0 bridgehead atoms. The number of hydrogen-bond donors (Lipinski definition) is 1. The molecule has 0 saturated carbocycles. The molecule has 1 aromatic carbocycles. The monoisotopic (exact) mass is 344 g/mol. The summed E-state index contributed by atoms with van der Waals surface area (Å²) in [4.78, 5) is 16.6. The Morgan fingerprint density at radius 1 is 1.25 bits per heavy atom. The SMILES string of the molecule is CC(C)(C)c1nnc(CNC(=O)c2ccc(F)c3cccnc23)s1. The zero-order valence-electron chi connectivity index (χ0n) is 13.6. The van der Waals surface area contributed by atoms with Crippen LogP contribution in [0.2, 0.25) is 0 Å². The molecule has 24 heavy (non-hydrogen) atoms. The van der Waals surface area contributed by atoms with E-state index in [2.05, 4.69) is 41.3 Å². The van der Waals surface area contributed by atoms with Crippen molar-refractivity contribution in [2.24, 2.45) is 0 Å². The summed E-state index contributed by atoms with van der Waals surface area (Å²) in [6.07, 6.45) is 1.54. The van der Waals surface area contributed by atoms with E-state index >= 15 is 0 Å². The van der Waals surface area contributed by atoms with Gasteiger partial charge in [0.25, 0.3) is 5.91 Å². The molecule has 0 spiro atoms. The van der Waals surface area contributed by atoms with Crippen LogP contribution in [0.5, 0.6) is 0 Å². The second-order valence-corrected chi connectivity index (χ2v) is 7.49. The van der Waals surface area contributed by atoms with Crippen molar-refractivity contribution in [3.8, 4) is 0 Å². The van der Waals surface area contributed by atoms with Crippen molar-refractivity contribution in [1.29, 1.82) is 0 Å². The van der Waals surface area contributed by atoms with Gasteiger partial charge >= 0.3 is 0 Å². The van der Waals surface area contributed by atoms with E-state index in [-0.39, 0.29) is 17.9 Å². The van der Waals surface area contributed by atoms with Crippen LogP contribution in [0.4, 0.5) is 4.39 Å². The van der Waals surface area contributed by atoms with E-state index < -0.39 is 5.82 Å². The molecule has 5 nitrogen and oxygen atoms in total. The zero-order chi connectivity index (χ0) is 17.3. The first kappa shape index (κ1) is 16.4. The van der Waals surface area contributed by atoms with E-state index in [9.17, 15) is 9.18 Å². The predicted octanol–water partition coefficient (Wildman–Crippen LogP) is 3.45. The average Bonchev–Trinajstić information content (AvgIpc) is 3.02. The summed E-state index contributed by atoms with van der Waals surface area (Å²) in [6.45, 7) is 6.46. The van der Waals surface area contributed by atoms with E-state index in [0.29, 0.717) is 16.5 Å². The molecule has 2 aromatic heterocycles. The number of rotatable bonds is 3. The van der Waals surface area contributed by atoms with Crippen molar-refractivity contribution in [2.75, 3.05) is 0 Å². The third kappa shape index (κ3) is 3.26. The standard InChI is InChI=1S/C17H17FN4OS/c1-17(2,3)16-22-21-13(24-16)9-20-15(23)11-6-7-12(18)10-5-4-8-19-14(10)11/h4-8H,9H2,1-3H3,(H,20,23). The van der Waals surface area contributed by atoms with Gasteiger partial charge in [-0.3, -0.25) is 9.78 Å². The Morgan fingerprint density at radius 2 is 2.04 bits per heavy atom. The summed E-state index contributed by atoms with van der Waals surface area (Å²) in [5.41, 5.74) is 0.618. The van der Waals surface area contributed by atoms with Gasteiger partial charge in [-0.2, -0.15) is 0 Å². The highest BCUT2D eigenvalue weighted by Gasteiger charge is 2.20. The van der Waals surface area contributed by atoms with Crippen LogP contribution in [0.3, 0.4) is 0 Å². The highest BCUT2D eigenvalue weighted by molar-refractivity contribution is 7.11. The van der Waals surface area contributed by atoms with Gasteiger partial charge in [0.15, 0.2) is 0 Å². The first-order valence-electron chi connectivity index (χ1n) is 7.50. The van der Waals surface area contributed by atoms with Gasteiger partial charge in [0.05, 0.1) is 17.6 Å². The Bertz CT molecular complexity index is 901. The number of carbonyl (C=O) groups excluding carboxylic acids is 1. The molecule has 3 aromatic rings. The number of halogens is 1. The molecular weight excluding hydrogens is 327 g/mol. The average molecular weight is 344 g/mol. The Morgan fingerprint density at radius 3 is 2.75 bits per heavy atom. The molecule has 0 aliphatic carbocycles. The van der Waals surface area contributed by atoms with Crippen LogP contribution >= 0.6 is 11.3 Å². The van der Waals surface area contributed by atoms with Crippen LogP contribution in [-0.2, 0) is 12.0 Å². The lowest BCUT2D eigenvalue weighted by Gasteiger charge is -2.12. The van der Waals surface area contributed by atoms with E-state index in [1.54, 1.807) is 18.3 Å². The number of pyridine rings is 1. The largest absolute Gasteiger partial charge is 0.345 e. The first-order valence-corrected chi connectivity index (χ1v) is 8.32. The van der Waals surface area contributed by atoms with Crippen LogP contribution in [0.15, 0.2) is 30.5 Å². The molecule has 0 fully saturated rings. The summed E-state index contributed by atoms with van der Waals surface area (Å²) in [6, 6.07) is 5.97. The van der Waals surface area contributed by atoms with Crippen LogP contribution in [-0.4, -0.2) is 21.1 Å². The smallest absolute Gasteiger partial charge is 0.253 e. The lowest BCUT2D eigenvalue weighted by molar-refractivity contribution is 0.0952. The fraction of sp³-hybridized carbons (Fsp3) is 0.294. The lowest BCUT2D eigenvalue weighted by atomic mass is 9.98. The second kappa shape index (κ2) is 6.24. The van der Waals surface area contributed by atoms with E-state index in [4.69, 9.17) is 0 Å². The minimum absolute atomic E-state index is 0.0724. The molecule has 124 valence electrons. The summed E-state index contributed by atoms with van der Waals surface area (Å²) < 4.78 is 13.8. The van der Waals surface area contributed by atoms with Crippen molar-refractivity contribution in [3.63, 3.8) is 0 Å². The van der Waals surface area contributed by atoms with Crippen LogP contribution in [0.1, 0.15) is 41.1 Å². The van der Waals surface area contributed by atoms with Gasteiger partial charge < -0.3 is 5.32 Å². The van der Waals surface area contributed by atoms with Crippen molar-refractivity contribution in [2.45, 2.75) is 32.7 Å². The molecule has 0 unspecified atom stereocenters. The summed E-state index contributed by atoms with van der Waals surface area (Å²) >= 11 is 1.47. The molecule has 1 amide bonds. The van der Waals surface area contributed by atoms with Gasteiger partial charge in [-0.15, -0.1) is 10.2 Å². The molecule has 0 radical (unpaired) electrons. The number of amides is 1. The Balaban J connectivity index is 1.79. The fourth-order valence-electron chi connectivity index (χ4n) is 2.20. The summed E-state index contributed by atoms with van der Waals surface area (Å²) in [5, 5.41) is 13.0. The minimum Gasteiger partial charge on any atom is -0.345 e. The summed E-state index contributed by atoms with van der Waals surface area (Å²) in [7, 11) is 0. The van der Waals surface area contributed by atoms with Crippen molar-refractivity contribution < 1.29 is 9.18 Å². The molecule has 0 atom stereocenters. The number of aromatic nitrogens is 3. The van der Waals surface area contributed by atoms with E-state index in [0.717, 1.165) is 10.0 Å².